The molecule has 0 radical (unpaired) electrons. The molecule has 0 spiro atoms. The molecule has 1 aromatic heterocycles. The number of aromatic hydroxyl groups is 1. The van der Waals surface area contributed by atoms with Crippen LogP contribution in [0.5, 0.6) is 11.5 Å². The first kappa shape index (κ1) is 23.1. The number of hydrogen-bond donors (Lipinski definition) is 3. The van der Waals surface area contributed by atoms with Crippen LogP contribution in [0.3, 0.4) is 0 Å². The lowest BCUT2D eigenvalue weighted by Gasteiger charge is -2.16. The van der Waals surface area contributed by atoms with Gasteiger partial charge in [0.15, 0.2) is 17.3 Å². The van der Waals surface area contributed by atoms with Gasteiger partial charge in [0.25, 0.3) is 0 Å². The van der Waals surface area contributed by atoms with E-state index in [0.29, 0.717) is 17.9 Å². The molecule has 7 heteroatoms. The van der Waals surface area contributed by atoms with E-state index < -0.39 is 0 Å². The standard InChI is InChI=1S/C28H26ClN3O3/c1-35-25-14-19(13-23(29)28(25)34)18-7-8-24-21(12-18)26(22(15-31-24)27(33)17-5-6-17)32-20-4-2-3-16(11-20)9-10-30/h2-4,7-8,11-15,17,34H,5-6,9-10,30H2,1H3,(H,31,32). The second kappa shape index (κ2) is 9.56. The predicted molar refractivity (Wildman–Crippen MR) is 140 cm³/mol. The summed E-state index contributed by atoms with van der Waals surface area (Å²) < 4.78 is 5.28. The van der Waals surface area contributed by atoms with Crippen LogP contribution < -0.4 is 15.8 Å². The molecule has 1 aliphatic rings. The number of Topliss-reactive ketones (excluding diaryl/α,β-unsaturated/α-hetero) is 1. The molecule has 4 N–H and O–H groups in total. The molecule has 0 amide bonds. The number of pyridine rings is 1. The molecule has 1 fully saturated rings. The number of fused-ring (bicyclic) bond motifs is 1. The number of phenolic OH excluding ortho intramolecular Hbond substituents is 1. The molecule has 1 heterocycles. The Hall–Kier alpha value is -3.61. The average molecular weight is 488 g/mol. The van der Waals surface area contributed by atoms with Crippen LogP contribution in [0.25, 0.3) is 22.0 Å². The molecule has 0 saturated heterocycles. The molecular weight excluding hydrogens is 462 g/mol. The maximum atomic E-state index is 13.2. The maximum Gasteiger partial charge on any atom is 0.176 e. The van der Waals surface area contributed by atoms with Gasteiger partial charge >= 0.3 is 0 Å². The molecule has 4 aromatic rings. The monoisotopic (exact) mass is 487 g/mol. The first-order chi connectivity index (χ1) is 17.0. The summed E-state index contributed by atoms with van der Waals surface area (Å²) in [6.45, 7) is 0.565. The van der Waals surface area contributed by atoms with Crippen LogP contribution in [0, 0.1) is 5.92 Å². The van der Waals surface area contributed by atoms with Gasteiger partial charge in [-0.15, -0.1) is 0 Å². The minimum atomic E-state index is -0.0996. The van der Waals surface area contributed by atoms with Crippen molar-refractivity contribution >= 4 is 39.7 Å². The van der Waals surface area contributed by atoms with Gasteiger partial charge in [-0.25, -0.2) is 0 Å². The van der Waals surface area contributed by atoms with Crippen LogP contribution in [0.15, 0.2) is 60.8 Å². The van der Waals surface area contributed by atoms with Crippen LogP contribution in [0.4, 0.5) is 11.4 Å². The number of nitrogens with two attached hydrogens (primary N) is 1. The van der Waals surface area contributed by atoms with Gasteiger partial charge in [-0.05, 0) is 78.9 Å². The fraction of sp³-hybridized carbons (Fsp3) is 0.214. The number of ketones is 1. The molecule has 0 unspecified atom stereocenters. The molecule has 0 atom stereocenters. The van der Waals surface area contributed by atoms with Gasteiger partial charge in [0, 0.05) is 23.2 Å². The SMILES string of the molecule is COc1cc(-c2ccc3ncc(C(=O)C4CC4)c(Nc4cccc(CCN)c4)c3c2)cc(Cl)c1O. The molecule has 178 valence electrons. The van der Waals surface area contributed by atoms with Crippen molar-refractivity contribution in [1.82, 2.24) is 4.98 Å². The highest BCUT2D eigenvalue weighted by atomic mass is 35.5. The molecule has 3 aromatic carbocycles. The summed E-state index contributed by atoms with van der Waals surface area (Å²) >= 11 is 6.25. The van der Waals surface area contributed by atoms with Crippen molar-refractivity contribution in [3.8, 4) is 22.6 Å². The number of anilines is 2. The number of benzene rings is 3. The summed E-state index contributed by atoms with van der Waals surface area (Å²) in [7, 11) is 1.48. The normalized spacial score (nSPS) is 13.1. The van der Waals surface area contributed by atoms with E-state index >= 15 is 0 Å². The topological polar surface area (TPSA) is 97.5 Å². The smallest absolute Gasteiger partial charge is 0.176 e. The largest absolute Gasteiger partial charge is 0.503 e. The summed E-state index contributed by atoms with van der Waals surface area (Å²) in [5.74, 6) is 0.359. The van der Waals surface area contributed by atoms with E-state index in [4.69, 9.17) is 22.1 Å². The van der Waals surface area contributed by atoms with E-state index in [0.717, 1.165) is 58.2 Å². The third kappa shape index (κ3) is 4.67. The molecule has 35 heavy (non-hydrogen) atoms. The minimum absolute atomic E-state index is 0.0572. The fourth-order valence-electron chi connectivity index (χ4n) is 4.27. The summed E-state index contributed by atoms with van der Waals surface area (Å²) in [5.41, 5.74) is 11.5. The van der Waals surface area contributed by atoms with Crippen LogP contribution in [-0.2, 0) is 6.42 Å². The van der Waals surface area contributed by atoms with Crippen molar-refractivity contribution < 1.29 is 14.6 Å². The number of nitrogens with one attached hydrogen (secondary N) is 1. The third-order valence-electron chi connectivity index (χ3n) is 6.29. The number of ether oxygens (including phenoxy) is 1. The Kier molecular flexibility index (Phi) is 6.32. The van der Waals surface area contributed by atoms with E-state index in [1.807, 2.05) is 36.4 Å². The lowest BCUT2D eigenvalue weighted by molar-refractivity contribution is 0.0968. The van der Waals surface area contributed by atoms with Crippen LogP contribution in [-0.4, -0.2) is 29.5 Å². The van der Waals surface area contributed by atoms with Crippen molar-refractivity contribution in [1.29, 1.82) is 0 Å². The number of phenols is 1. The molecule has 1 aliphatic carbocycles. The van der Waals surface area contributed by atoms with Crippen molar-refractivity contribution in [2.24, 2.45) is 11.7 Å². The van der Waals surface area contributed by atoms with Gasteiger partial charge in [0.1, 0.15) is 0 Å². The Balaban J connectivity index is 1.66. The lowest BCUT2D eigenvalue weighted by Crippen LogP contribution is -2.08. The quantitative estimate of drug-likeness (QED) is 0.259. The van der Waals surface area contributed by atoms with Crippen molar-refractivity contribution in [3.63, 3.8) is 0 Å². The van der Waals surface area contributed by atoms with E-state index in [-0.39, 0.29) is 22.5 Å². The third-order valence-corrected chi connectivity index (χ3v) is 6.58. The fourth-order valence-corrected chi connectivity index (χ4v) is 4.48. The van der Waals surface area contributed by atoms with Gasteiger partial charge in [-0.3, -0.25) is 9.78 Å². The van der Waals surface area contributed by atoms with Crippen LogP contribution >= 0.6 is 11.6 Å². The Morgan fingerprint density at radius 2 is 2.00 bits per heavy atom. The number of hydrogen-bond acceptors (Lipinski definition) is 6. The van der Waals surface area contributed by atoms with Gasteiger partial charge < -0.3 is 20.9 Å². The van der Waals surface area contributed by atoms with E-state index in [2.05, 4.69) is 16.4 Å². The molecule has 0 aliphatic heterocycles. The van der Waals surface area contributed by atoms with Gasteiger partial charge in [0.2, 0.25) is 0 Å². The van der Waals surface area contributed by atoms with Crippen LogP contribution in [0.2, 0.25) is 5.02 Å². The average Bonchev–Trinajstić information content (AvgIpc) is 3.71. The van der Waals surface area contributed by atoms with Crippen LogP contribution in [0.1, 0.15) is 28.8 Å². The minimum Gasteiger partial charge on any atom is -0.503 e. The lowest BCUT2D eigenvalue weighted by atomic mass is 9.98. The molecular formula is C28H26ClN3O3. The zero-order valence-electron chi connectivity index (χ0n) is 19.3. The summed E-state index contributed by atoms with van der Waals surface area (Å²) in [4.78, 5) is 17.8. The maximum absolute atomic E-state index is 13.2. The first-order valence-electron chi connectivity index (χ1n) is 11.6. The number of carbonyl (C=O) groups excluding carboxylic acids is 1. The van der Waals surface area contributed by atoms with E-state index in [1.165, 1.54) is 7.11 Å². The Bertz CT molecular complexity index is 1430. The zero-order valence-corrected chi connectivity index (χ0v) is 20.1. The second-order valence-electron chi connectivity index (χ2n) is 8.79. The number of methoxy groups -OCH3 is 1. The van der Waals surface area contributed by atoms with Crippen molar-refractivity contribution in [3.05, 3.63) is 76.9 Å². The molecule has 0 bridgehead atoms. The summed E-state index contributed by atoms with van der Waals surface area (Å²) in [6.07, 6.45) is 4.27. The highest BCUT2D eigenvalue weighted by Gasteiger charge is 2.32. The summed E-state index contributed by atoms with van der Waals surface area (Å²) in [5, 5.41) is 14.7. The van der Waals surface area contributed by atoms with E-state index in [1.54, 1.807) is 18.3 Å². The number of nitrogens with zero attached hydrogens (tertiary/aromatic N) is 1. The van der Waals surface area contributed by atoms with Gasteiger partial charge in [-0.2, -0.15) is 0 Å². The Labute approximate surface area is 208 Å². The Morgan fingerprint density at radius 1 is 1.17 bits per heavy atom. The number of carbonyl (C=O) groups is 1. The number of halogens is 1. The van der Waals surface area contributed by atoms with Crippen molar-refractivity contribution in [2.45, 2.75) is 19.3 Å². The molecule has 1 saturated carbocycles. The first-order valence-corrected chi connectivity index (χ1v) is 12.0. The van der Waals surface area contributed by atoms with Crippen molar-refractivity contribution in [2.75, 3.05) is 19.0 Å². The van der Waals surface area contributed by atoms with Gasteiger partial charge in [0.05, 0.1) is 28.9 Å². The second-order valence-corrected chi connectivity index (χ2v) is 9.20. The highest BCUT2D eigenvalue weighted by molar-refractivity contribution is 6.32. The zero-order chi connectivity index (χ0) is 24.5. The highest BCUT2D eigenvalue weighted by Crippen LogP contribution is 2.41. The predicted octanol–water partition coefficient (Wildman–Crippen LogP) is 6.11. The Morgan fingerprint density at radius 3 is 2.74 bits per heavy atom. The van der Waals surface area contributed by atoms with Gasteiger partial charge in [-0.1, -0.05) is 29.8 Å². The number of aromatic nitrogens is 1. The molecule has 5 rings (SSSR count). The number of rotatable bonds is 8. The summed E-state index contributed by atoms with van der Waals surface area (Å²) in [6, 6.07) is 17.3. The van der Waals surface area contributed by atoms with E-state index in [9.17, 15) is 9.90 Å². The molecule has 6 nitrogen and oxygen atoms in total.